The van der Waals surface area contributed by atoms with Crippen LogP contribution in [0.5, 0.6) is 5.88 Å². The Kier molecular flexibility index (Phi) is 5.16. The number of aryl methyl sites for hydroxylation is 2. The summed E-state index contributed by atoms with van der Waals surface area (Å²) < 4.78 is 7.24. The minimum absolute atomic E-state index is 0.647. The van der Waals surface area contributed by atoms with Crippen molar-refractivity contribution < 1.29 is 4.74 Å². The normalized spacial score (nSPS) is 22.9. The molecule has 2 atom stereocenters. The maximum Gasteiger partial charge on any atom is 0.216 e. The lowest BCUT2D eigenvalue weighted by Crippen LogP contribution is -2.26. The topological polar surface area (TPSA) is 39.1 Å². The average molecular weight is 283 g/mol. The van der Waals surface area contributed by atoms with Gasteiger partial charge in [-0.2, -0.15) is 16.9 Å². The third-order valence-corrected chi connectivity index (χ3v) is 5.07. The Morgan fingerprint density at radius 2 is 2.26 bits per heavy atom. The molecule has 0 bridgehead atoms. The summed E-state index contributed by atoms with van der Waals surface area (Å²) in [5.74, 6) is 2.11. The van der Waals surface area contributed by atoms with Crippen LogP contribution in [0.1, 0.15) is 37.4 Å². The highest BCUT2D eigenvalue weighted by Gasteiger charge is 2.25. The van der Waals surface area contributed by atoms with E-state index in [1.165, 1.54) is 30.6 Å². The van der Waals surface area contributed by atoms with Crippen molar-refractivity contribution in [1.29, 1.82) is 0 Å². The Labute approximate surface area is 120 Å². The fourth-order valence-electron chi connectivity index (χ4n) is 2.90. The summed E-state index contributed by atoms with van der Waals surface area (Å²) in [6.07, 6.45) is 3.93. The van der Waals surface area contributed by atoms with Gasteiger partial charge in [-0.15, -0.1) is 0 Å². The summed E-state index contributed by atoms with van der Waals surface area (Å²) in [7, 11) is 3.64. The second-order valence-corrected chi connectivity index (χ2v) is 6.74. The molecule has 1 fully saturated rings. The van der Waals surface area contributed by atoms with Crippen LogP contribution in [0.15, 0.2) is 0 Å². The number of hydrogen-bond acceptors (Lipinski definition) is 4. The minimum Gasteiger partial charge on any atom is -0.481 e. The number of nitrogens with zero attached hydrogens (tertiary/aromatic N) is 2. The van der Waals surface area contributed by atoms with Crippen LogP contribution in [0.4, 0.5) is 0 Å². The molecule has 0 unspecified atom stereocenters. The van der Waals surface area contributed by atoms with Gasteiger partial charge in [0.1, 0.15) is 0 Å². The lowest BCUT2D eigenvalue weighted by molar-refractivity contribution is 0.366. The number of methoxy groups -OCH3 is 1. The molecule has 2 rings (SSSR count). The number of nitrogens with one attached hydrogen (secondary N) is 1. The molecular formula is C14H25N3OS. The van der Waals surface area contributed by atoms with Gasteiger partial charge >= 0.3 is 0 Å². The first-order chi connectivity index (χ1) is 9.15. The van der Waals surface area contributed by atoms with Gasteiger partial charge in [0, 0.05) is 24.9 Å². The highest BCUT2D eigenvalue weighted by molar-refractivity contribution is 7.99. The first-order valence-electron chi connectivity index (χ1n) is 7.07. The molecule has 1 heterocycles. The molecule has 1 N–H and O–H groups in total. The highest BCUT2D eigenvalue weighted by atomic mass is 32.2. The number of aromatic nitrogens is 2. The SMILES string of the molecule is CCS[C@H]1CC[C@@H](NCc2c(C)nn(C)c2OC)C1. The van der Waals surface area contributed by atoms with Gasteiger partial charge in [-0.1, -0.05) is 6.92 Å². The second-order valence-electron chi connectivity index (χ2n) is 5.17. The van der Waals surface area contributed by atoms with Gasteiger partial charge < -0.3 is 10.1 Å². The van der Waals surface area contributed by atoms with Gasteiger partial charge in [0.25, 0.3) is 0 Å². The Morgan fingerprint density at radius 1 is 1.47 bits per heavy atom. The summed E-state index contributed by atoms with van der Waals surface area (Å²) in [4.78, 5) is 0. The molecule has 1 aromatic heterocycles. The third-order valence-electron chi connectivity index (χ3n) is 3.84. The van der Waals surface area contributed by atoms with Crippen molar-refractivity contribution >= 4 is 11.8 Å². The predicted molar refractivity (Wildman–Crippen MR) is 80.9 cm³/mol. The van der Waals surface area contributed by atoms with Crippen molar-refractivity contribution in [2.75, 3.05) is 12.9 Å². The molecule has 0 saturated heterocycles. The summed E-state index contributed by atoms with van der Waals surface area (Å²) in [6, 6.07) is 0.647. The van der Waals surface area contributed by atoms with Crippen molar-refractivity contribution in [3.05, 3.63) is 11.3 Å². The van der Waals surface area contributed by atoms with Crippen LogP contribution in [-0.4, -0.2) is 33.9 Å². The lowest BCUT2D eigenvalue weighted by Gasteiger charge is -2.13. The number of ether oxygens (including phenoxy) is 1. The smallest absolute Gasteiger partial charge is 0.216 e. The van der Waals surface area contributed by atoms with E-state index in [0.29, 0.717) is 6.04 Å². The van der Waals surface area contributed by atoms with Gasteiger partial charge in [-0.3, -0.25) is 0 Å². The summed E-state index contributed by atoms with van der Waals surface area (Å²) >= 11 is 2.10. The average Bonchev–Trinajstić information content (AvgIpc) is 2.92. The number of rotatable bonds is 6. The van der Waals surface area contributed by atoms with E-state index in [9.17, 15) is 0 Å². The van der Waals surface area contributed by atoms with Crippen molar-refractivity contribution in [3.8, 4) is 5.88 Å². The lowest BCUT2D eigenvalue weighted by atomic mass is 10.2. The zero-order valence-electron chi connectivity index (χ0n) is 12.4. The van der Waals surface area contributed by atoms with Gasteiger partial charge in [-0.25, -0.2) is 4.68 Å². The predicted octanol–water partition coefficient (Wildman–Crippen LogP) is 2.50. The quantitative estimate of drug-likeness (QED) is 0.870. The fraction of sp³-hybridized carbons (Fsp3) is 0.786. The molecule has 19 heavy (non-hydrogen) atoms. The summed E-state index contributed by atoms with van der Waals surface area (Å²) in [5, 5.41) is 8.93. The van der Waals surface area contributed by atoms with E-state index in [1.807, 2.05) is 18.7 Å². The largest absolute Gasteiger partial charge is 0.481 e. The first kappa shape index (κ1) is 14.7. The van der Waals surface area contributed by atoms with E-state index in [0.717, 1.165) is 23.4 Å². The van der Waals surface area contributed by atoms with Crippen molar-refractivity contribution in [2.45, 2.75) is 50.9 Å². The van der Waals surface area contributed by atoms with Gasteiger partial charge in [0.2, 0.25) is 5.88 Å². The van der Waals surface area contributed by atoms with Crippen molar-refractivity contribution in [3.63, 3.8) is 0 Å². The van der Waals surface area contributed by atoms with E-state index in [4.69, 9.17) is 4.74 Å². The van der Waals surface area contributed by atoms with Crippen molar-refractivity contribution in [2.24, 2.45) is 7.05 Å². The number of hydrogen-bond donors (Lipinski definition) is 1. The Morgan fingerprint density at radius 3 is 2.95 bits per heavy atom. The minimum atomic E-state index is 0.647. The molecule has 1 saturated carbocycles. The molecule has 1 aliphatic rings. The first-order valence-corrected chi connectivity index (χ1v) is 8.12. The molecule has 1 aromatic rings. The van der Waals surface area contributed by atoms with Crippen LogP contribution < -0.4 is 10.1 Å². The highest BCUT2D eigenvalue weighted by Crippen LogP contribution is 2.30. The number of thioether (sulfide) groups is 1. The van der Waals surface area contributed by atoms with E-state index in [2.05, 4.69) is 29.1 Å². The zero-order valence-corrected chi connectivity index (χ0v) is 13.2. The Bertz CT molecular complexity index is 419. The Balaban J connectivity index is 1.89. The molecule has 0 spiro atoms. The van der Waals surface area contributed by atoms with Gasteiger partial charge in [0.05, 0.1) is 18.4 Å². The maximum absolute atomic E-state index is 5.43. The van der Waals surface area contributed by atoms with Gasteiger partial charge in [0.15, 0.2) is 0 Å². The van der Waals surface area contributed by atoms with E-state index < -0.39 is 0 Å². The standard InChI is InChI=1S/C14H25N3OS/c1-5-19-12-7-6-11(8-12)15-9-13-10(2)16-17(3)14(13)18-4/h11-12,15H,5-9H2,1-4H3/t11-,12+/m1/s1. The molecule has 108 valence electrons. The third kappa shape index (κ3) is 3.45. The summed E-state index contributed by atoms with van der Waals surface area (Å²) in [6.45, 7) is 5.15. The van der Waals surface area contributed by atoms with Crippen LogP contribution in [0.3, 0.4) is 0 Å². The van der Waals surface area contributed by atoms with Gasteiger partial charge in [-0.05, 0) is 31.9 Å². The maximum atomic E-state index is 5.43. The molecule has 1 aliphatic carbocycles. The monoisotopic (exact) mass is 283 g/mol. The Hall–Kier alpha value is -0.680. The van der Waals surface area contributed by atoms with Crippen LogP contribution in [0.25, 0.3) is 0 Å². The van der Waals surface area contributed by atoms with Crippen LogP contribution in [0.2, 0.25) is 0 Å². The van der Waals surface area contributed by atoms with Crippen LogP contribution >= 0.6 is 11.8 Å². The molecule has 0 amide bonds. The van der Waals surface area contributed by atoms with E-state index >= 15 is 0 Å². The van der Waals surface area contributed by atoms with Crippen molar-refractivity contribution in [1.82, 2.24) is 15.1 Å². The van der Waals surface area contributed by atoms with Crippen LogP contribution in [-0.2, 0) is 13.6 Å². The van der Waals surface area contributed by atoms with E-state index in [-0.39, 0.29) is 0 Å². The molecular weight excluding hydrogens is 258 g/mol. The molecule has 5 heteroatoms. The molecule has 4 nitrogen and oxygen atoms in total. The molecule has 0 radical (unpaired) electrons. The fourth-order valence-corrected chi connectivity index (χ4v) is 4.04. The zero-order chi connectivity index (χ0) is 13.8. The molecule has 0 aromatic carbocycles. The second kappa shape index (κ2) is 6.66. The van der Waals surface area contributed by atoms with Crippen LogP contribution in [0, 0.1) is 6.92 Å². The van der Waals surface area contributed by atoms with E-state index in [1.54, 1.807) is 7.11 Å². The molecule has 0 aliphatic heterocycles. The summed E-state index contributed by atoms with van der Waals surface area (Å²) in [5.41, 5.74) is 2.25.